The Morgan fingerprint density at radius 2 is 1.77 bits per heavy atom. The van der Waals surface area contributed by atoms with Gasteiger partial charge in [0.05, 0.1) is 10.6 Å². The van der Waals surface area contributed by atoms with Gasteiger partial charge in [0.25, 0.3) is 11.5 Å². The first-order valence-electron chi connectivity index (χ1n) is 6.09. The number of nitrogens with one attached hydrogen (secondary N) is 2. The summed E-state index contributed by atoms with van der Waals surface area (Å²) in [5, 5.41) is 0.591. The van der Waals surface area contributed by atoms with Gasteiger partial charge in [0.1, 0.15) is 5.82 Å². The summed E-state index contributed by atoms with van der Waals surface area (Å²) in [7, 11) is 2.83. The maximum absolute atomic E-state index is 12.0. The molecule has 1 aromatic heterocycles. The molecule has 0 aliphatic heterocycles. The first-order valence-corrected chi connectivity index (χ1v) is 6.85. The van der Waals surface area contributed by atoms with Gasteiger partial charge < -0.3 is 0 Å². The van der Waals surface area contributed by atoms with Crippen molar-refractivity contribution >= 4 is 34.9 Å². The molecular formula is C13H12Cl2N4O3. The lowest BCUT2D eigenvalue weighted by molar-refractivity contribution is 0.0962. The van der Waals surface area contributed by atoms with Crippen LogP contribution in [0.1, 0.15) is 10.4 Å². The van der Waals surface area contributed by atoms with Crippen molar-refractivity contribution in [3.63, 3.8) is 0 Å². The van der Waals surface area contributed by atoms with Crippen molar-refractivity contribution in [2.24, 2.45) is 14.1 Å². The largest absolute Gasteiger partial charge is 0.332 e. The van der Waals surface area contributed by atoms with Crippen LogP contribution in [0.3, 0.4) is 0 Å². The molecule has 22 heavy (non-hydrogen) atoms. The summed E-state index contributed by atoms with van der Waals surface area (Å²) in [6, 6.07) is 5.61. The molecule has 9 heteroatoms. The third kappa shape index (κ3) is 3.15. The minimum Gasteiger partial charge on any atom is -0.283 e. The average molecular weight is 343 g/mol. The highest BCUT2D eigenvalue weighted by Crippen LogP contribution is 2.20. The number of aromatic nitrogens is 2. The summed E-state index contributed by atoms with van der Waals surface area (Å²) in [4.78, 5) is 35.4. The number of amides is 1. The fourth-order valence-corrected chi connectivity index (χ4v) is 2.21. The number of nitrogens with zero attached hydrogens (tertiary/aromatic N) is 2. The van der Waals surface area contributed by atoms with Gasteiger partial charge >= 0.3 is 5.69 Å². The zero-order chi connectivity index (χ0) is 16.4. The van der Waals surface area contributed by atoms with Gasteiger partial charge in [0.15, 0.2) is 0 Å². The first-order chi connectivity index (χ1) is 10.3. The molecule has 1 aromatic carbocycles. The van der Waals surface area contributed by atoms with E-state index in [2.05, 4.69) is 10.9 Å². The molecule has 0 aliphatic rings. The van der Waals surface area contributed by atoms with Gasteiger partial charge in [-0.1, -0.05) is 23.2 Å². The van der Waals surface area contributed by atoms with Gasteiger partial charge in [-0.2, -0.15) is 0 Å². The van der Waals surface area contributed by atoms with E-state index in [0.29, 0.717) is 5.02 Å². The zero-order valence-electron chi connectivity index (χ0n) is 11.7. The quantitative estimate of drug-likeness (QED) is 0.819. The molecule has 2 aromatic rings. The highest BCUT2D eigenvalue weighted by atomic mass is 35.5. The molecule has 0 fully saturated rings. The number of hydrazine groups is 1. The summed E-state index contributed by atoms with van der Waals surface area (Å²) in [5.41, 5.74) is 4.07. The van der Waals surface area contributed by atoms with Crippen molar-refractivity contribution in [1.29, 1.82) is 0 Å². The monoisotopic (exact) mass is 342 g/mol. The average Bonchev–Trinajstić information content (AvgIpc) is 2.47. The number of carbonyl (C=O) groups is 1. The maximum atomic E-state index is 12.0. The highest BCUT2D eigenvalue weighted by Gasteiger charge is 2.12. The Hall–Kier alpha value is -2.25. The van der Waals surface area contributed by atoms with Crippen molar-refractivity contribution in [2.75, 3.05) is 5.43 Å². The Kier molecular flexibility index (Phi) is 4.58. The van der Waals surface area contributed by atoms with Crippen LogP contribution in [0.4, 0.5) is 5.82 Å². The van der Waals surface area contributed by atoms with E-state index < -0.39 is 17.2 Å². The van der Waals surface area contributed by atoms with E-state index in [9.17, 15) is 14.4 Å². The molecule has 1 heterocycles. The molecule has 0 bridgehead atoms. The first kappa shape index (κ1) is 16.1. The Morgan fingerprint density at radius 1 is 1.09 bits per heavy atom. The second-order valence-corrected chi connectivity index (χ2v) is 5.32. The number of benzene rings is 1. The van der Waals surface area contributed by atoms with Crippen LogP contribution in [0.25, 0.3) is 0 Å². The Labute approximate surface area is 135 Å². The molecule has 0 spiro atoms. The lowest BCUT2D eigenvalue weighted by Crippen LogP contribution is -2.40. The van der Waals surface area contributed by atoms with E-state index in [1.54, 1.807) is 0 Å². The van der Waals surface area contributed by atoms with E-state index in [1.807, 2.05) is 0 Å². The second kappa shape index (κ2) is 6.25. The molecule has 116 valence electrons. The molecule has 0 radical (unpaired) electrons. The SMILES string of the molecule is Cn1c(NNC(=O)c2ccc(Cl)cc2Cl)cc(=O)n(C)c1=O. The number of hydrogen-bond donors (Lipinski definition) is 2. The summed E-state index contributed by atoms with van der Waals surface area (Å²) >= 11 is 11.7. The molecule has 1 amide bonds. The van der Waals surface area contributed by atoms with E-state index in [4.69, 9.17) is 23.2 Å². The number of carbonyl (C=O) groups excluding carboxylic acids is 1. The van der Waals surface area contributed by atoms with Gasteiger partial charge in [-0.05, 0) is 18.2 Å². The lowest BCUT2D eigenvalue weighted by atomic mass is 10.2. The van der Waals surface area contributed by atoms with Crippen LogP contribution in [0.5, 0.6) is 0 Å². The molecule has 0 aliphatic carbocycles. The summed E-state index contributed by atoms with van der Waals surface area (Å²) < 4.78 is 2.13. The smallest absolute Gasteiger partial charge is 0.283 e. The third-order valence-corrected chi connectivity index (χ3v) is 3.55. The fraction of sp³-hybridized carbons (Fsp3) is 0.154. The van der Waals surface area contributed by atoms with Crippen LogP contribution >= 0.6 is 23.2 Å². The van der Waals surface area contributed by atoms with Gasteiger partial charge in [-0.25, -0.2) is 4.79 Å². The fourth-order valence-electron chi connectivity index (χ4n) is 1.71. The molecule has 0 saturated carbocycles. The lowest BCUT2D eigenvalue weighted by Gasteiger charge is -2.13. The molecule has 0 saturated heterocycles. The Balaban J connectivity index is 2.22. The highest BCUT2D eigenvalue weighted by molar-refractivity contribution is 6.36. The minimum absolute atomic E-state index is 0.145. The minimum atomic E-state index is -0.533. The van der Waals surface area contributed by atoms with Crippen molar-refractivity contribution in [1.82, 2.24) is 14.6 Å². The van der Waals surface area contributed by atoms with Crippen molar-refractivity contribution in [3.05, 3.63) is 60.7 Å². The Morgan fingerprint density at radius 3 is 2.41 bits per heavy atom. The number of rotatable bonds is 3. The number of anilines is 1. The van der Waals surface area contributed by atoms with Gasteiger partial charge in [-0.15, -0.1) is 0 Å². The van der Waals surface area contributed by atoms with Crippen LogP contribution in [-0.4, -0.2) is 15.0 Å². The van der Waals surface area contributed by atoms with E-state index >= 15 is 0 Å². The van der Waals surface area contributed by atoms with E-state index in [-0.39, 0.29) is 16.4 Å². The Bertz CT molecular complexity index is 857. The van der Waals surface area contributed by atoms with Gasteiger partial charge in [0, 0.05) is 25.2 Å². The number of hydrogen-bond acceptors (Lipinski definition) is 4. The third-order valence-electron chi connectivity index (χ3n) is 3.01. The second-order valence-electron chi connectivity index (χ2n) is 4.47. The van der Waals surface area contributed by atoms with Gasteiger partial charge in [0.2, 0.25) is 0 Å². The molecule has 0 unspecified atom stereocenters. The summed E-state index contributed by atoms with van der Waals surface area (Å²) in [6.07, 6.45) is 0. The van der Waals surface area contributed by atoms with Crippen LogP contribution in [0, 0.1) is 0 Å². The molecule has 2 rings (SSSR count). The maximum Gasteiger partial charge on any atom is 0.332 e. The topological polar surface area (TPSA) is 85.1 Å². The van der Waals surface area contributed by atoms with Crippen molar-refractivity contribution < 1.29 is 4.79 Å². The van der Waals surface area contributed by atoms with Crippen LogP contribution in [0.15, 0.2) is 33.9 Å². The predicted octanol–water partition coefficient (Wildman–Crippen LogP) is 1.15. The summed E-state index contributed by atoms with van der Waals surface area (Å²) in [6.45, 7) is 0. The normalized spacial score (nSPS) is 10.4. The molecular weight excluding hydrogens is 331 g/mol. The van der Waals surface area contributed by atoms with Gasteiger partial charge in [-0.3, -0.25) is 29.6 Å². The van der Waals surface area contributed by atoms with E-state index in [0.717, 1.165) is 4.57 Å². The van der Waals surface area contributed by atoms with Crippen molar-refractivity contribution in [3.8, 4) is 0 Å². The predicted molar refractivity (Wildman–Crippen MR) is 84.5 cm³/mol. The zero-order valence-corrected chi connectivity index (χ0v) is 13.2. The number of halogens is 2. The molecule has 0 atom stereocenters. The standard InChI is InChI=1S/C13H12Cl2N4O3/c1-18-10(6-11(20)19(2)13(18)22)16-17-12(21)8-4-3-7(14)5-9(8)15/h3-6,16H,1-2H3,(H,17,21). The van der Waals surface area contributed by atoms with E-state index in [1.165, 1.54) is 42.9 Å². The van der Waals surface area contributed by atoms with Crippen LogP contribution < -0.4 is 22.1 Å². The van der Waals surface area contributed by atoms with Crippen LogP contribution in [-0.2, 0) is 14.1 Å². The molecule has 7 nitrogen and oxygen atoms in total. The van der Waals surface area contributed by atoms with Crippen LogP contribution in [0.2, 0.25) is 10.0 Å². The summed E-state index contributed by atoms with van der Waals surface area (Å²) in [5.74, 6) is -0.388. The molecule has 2 N–H and O–H groups in total. The van der Waals surface area contributed by atoms with Crippen molar-refractivity contribution in [2.45, 2.75) is 0 Å².